The number of rotatable bonds is 3. The van der Waals surface area contributed by atoms with Crippen molar-refractivity contribution >= 4 is 32.9 Å². The largest absolute Gasteiger partial charge is 0.340 e. The highest BCUT2D eigenvalue weighted by atomic mass is 32.2. The van der Waals surface area contributed by atoms with E-state index in [0.29, 0.717) is 16.7 Å². The fourth-order valence-corrected chi connectivity index (χ4v) is 5.60. The van der Waals surface area contributed by atoms with E-state index in [0.717, 1.165) is 23.9 Å². The fourth-order valence-electron chi connectivity index (χ4n) is 4.08. The minimum Gasteiger partial charge on any atom is -0.340 e. The molecule has 3 heterocycles. The number of aromatic nitrogens is 2. The molecule has 0 unspecified atom stereocenters. The van der Waals surface area contributed by atoms with Crippen LogP contribution in [0.25, 0.3) is 11.0 Å². The Hall–Kier alpha value is -3.20. The van der Waals surface area contributed by atoms with Crippen molar-refractivity contribution in [3.05, 3.63) is 59.9 Å². The molecule has 2 aliphatic heterocycles. The summed E-state index contributed by atoms with van der Waals surface area (Å²) in [6.45, 7) is -0.0118. The molecule has 148 valence electrons. The molecule has 0 bridgehead atoms. The van der Waals surface area contributed by atoms with Crippen LogP contribution in [0.4, 0.5) is 0 Å². The molecule has 29 heavy (non-hydrogen) atoms. The first-order valence-electron chi connectivity index (χ1n) is 9.37. The van der Waals surface area contributed by atoms with Gasteiger partial charge in [0.15, 0.2) is 0 Å². The van der Waals surface area contributed by atoms with Crippen LogP contribution in [0.2, 0.25) is 0 Å². The molecule has 8 nitrogen and oxygen atoms in total. The number of aromatic amines is 1. The molecule has 3 aromatic rings. The van der Waals surface area contributed by atoms with Gasteiger partial charge in [-0.25, -0.2) is 17.7 Å². The van der Waals surface area contributed by atoms with Crippen molar-refractivity contribution in [2.75, 3.05) is 13.1 Å². The zero-order chi connectivity index (χ0) is 20.2. The van der Waals surface area contributed by atoms with Gasteiger partial charge in [-0.15, -0.1) is 0 Å². The molecular weight excluding hydrogens is 392 g/mol. The van der Waals surface area contributed by atoms with Gasteiger partial charge in [0, 0.05) is 6.54 Å². The first-order valence-corrected chi connectivity index (χ1v) is 10.8. The normalized spacial score (nSPS) is 20.4. The summed E-state index contributed by atoms with van der Waals surface area (Å²) in [5.74, 6) is -0.387. The van der Waals surface area contributed by atoms with Gasteiger partial charge in [-0.1, -0.05) is 24.3 Å². The first kappa shape index (κ1) is 17.9. The number of hydrogen-bond acceptors (Lipinski definition) is 5. The van der Waals surface area contributed by atoms with Crippen molar-refractivity contribution in [1.82, 2.24) is 19.2 Å². The number of para-hydroxylation sites is 2. The highest BCUT2D eigenvalue weighted by Crippen LogP contribution is 2.33. The molecule has 0 saturated carbocycles. The van der Waals surface area contributed by atoms with Crippen LogP contribution in [0, 0.1) is 0 Å². The molecule has 1 atom stereocenters. The number of amides is 2. The van der Waals surface area contributed by atoms with Gasteiger partial charge >= 0.3 is 0 Å². The molecule has 2 aliphatic rings. The van der Waals surface area contributed by atoms with Crippen LogP contribution in [0.15, 0.2) is 53.4 Å². The van der Waals surface area contributed by atoms with E-state index in [4.69, 9.17) is 0 Å². The number of nitrogens with zero attached hydrogens (tertiary/aromatic N) is 3. The first-order chi connectivity index (χ1) is 14.0. The Bertz CT molecular complexity index is 1220. The lowest BCUT2D eigenvalue weighted by Gasteiger charge is -2.25. The van der Waals surface area contributed by atoms with Crippen LogP contribution in [0.1, 0.15) is 35.1 Å². The smallest absolute Gasteiger partial charge is 0.269 e. The molecule has 1 saturated heterocycles. The van der Waals surface area contributed by atoms with E-state index >= 15 is 0 Å². The molecule has 5 rings (SSSR count). The van der Waals surface area contributed by atoms with Crippen molar-refractivity contribution < 1.29 is 18.0 Å². The topological polar surface area (TPSA) is 103 Å². The van der Waals surface area contributed by atoms with Crippen molar-refractivity contribution in [3.63, 3.8) is 0 Å². The molecule has 0 aliphatic carbocycles. The predicted octanol–water partition coefficient (Wildman–Crippen LogP) is 2.07. The number of nitrogens with one attached hydrogen (secondary N) is 1. The highest BCUT2D eigenvalue weighted by molar-refractivity contribution is 7.90. The summed E-state index contributed by atoms with van der Waals surface area (Å²) in [7, 11) is -4.01. The molecular formula is C20H18N4O4S. The third-order valence-corrected chi connectivity index (χ3v) is 7.27. The molecule has 2 amide bonds. The minimum absolute atomic E-state index is 0.0481. The van der Waals surface area contributed by atoms with Gasteiger partial charge in [0.2, 0.25) is 5.91 Å². The van der Waals surface area contributed by atoms with Crippen molar-refractivity contribution in [3.8, 4) is 0 Å². The molecule has 1 N–H and O–H groups in total. The van der Waals surface area contributed by atoms with E-state index in [-0.39, 0.29) is 16.5 Å². The number of carbonyl (C=O) groups is 2. The fraction of sp³-hybridized carbons (Fsp3) is 0.250. The number of sulfonamides is 1. The van der Waals surface area contributed by atoms with Gasteiger partial charge in [0.25, 0.3) is 15.9 Å². The van der Waals surface area contributed by atoms with Gasteiger partial charge in [-0.2, -0.15) is 0 Å². The molecule has 0 spiro atoms. The van der Waals surface area contributed by atoms with Gasteiger partial charge in [0.05, 0.1) is 22.6 Å². The zero-order valence-electron chi connectivity index (χ0n) is 15.4. The Kier molecular flexibility index (Phi) is 3.95. The van der Waals surface area contributed by atoms with E-state index in [2.05, 4.69) is 9.97 Å². The summed E-state index contributed by atoms with van der Waals surface area (Å²) < 4.78 is 26.1. The highest BCUT2D eigenvalue weighted by Gasteiger charge is 2.43. The Morgan fingerprint density at radius 3 is 2.69 bits per heavy atom. The molecule has 1 fully saturated rings. The number of benzene rings is 2. The Labute approximate surface area is 167 Å². The Morgan fingerprint density at radius 1 is 1.14 bits per heavy atom. The summed E-state index contributed by atoms with van der Waals surface area (Å²) in [6.07, 6.45) is 1.51. The number of H-pyrrole nitrogens is 1. The van der Waals surface area contributed by atoms with Crippen LogP contribution in [-0.4, -0.2) is 52.5 Å². The minimum atomic E-state index is -4.01. The second-order valence-electron chi connectivity index (χ2n) is 7.20. The quantitative estimate of drug-likeness (QED) is 0.712. The lowest BCUT2D eigenvalue weighted by molar-refractivity contribution is -0.132. The van der Waals surface area contributed by atoms with Gasteiger partial charge < -0.3 is 9.88 Å². The van der Waals surface area contributed by atoms with E-state index in [1.165, 1.54) is 12.1 Å². The van der Waals surface area contributed by atoms with E-state index in [1.807, 2.05) is 24.3 Å². The average molecular weight is 410 g/mol. The molecule has 0 radical (unpaired) electrons. The second kappa shape index (κ2) is 6.41. The number of imidazole rings is 1. The maximum absolute atomic E-state index is 13.0. The maximum atomic E-state index is 13.0. The SMILES string of the molecule is O=C(CN1C(=O)c2ccccc2S1(=O)=O)N1CCC[C@H]1c1nc2ccccc2[nH]1. The molecule has 2 aromatic carbocycles. The Morgan fingerprint density at radius 2 is 1.90 bits per heavy atom. The standard InChI is InChI=1S/C20H18N4O4S/c25-18(12-24-20(26)13-6-1-4-10-17(13)29(24,27)28)23-11-5-9-16(23)19-21-14-7-2-3-8-15(14)22-19/h1-4,6-8,10,16H,5,9,11-12H2,(H,21,22)/t16-/m0/s1. The molecule has 9 heteroatoms. The van der Waals surface area contributed by atoms with E-state index in [1.54, 1.807) is 17.0 Å². The summed E-state index contributed by atoms with van der Waals surface area (Å²) in [5, 5.41) is 0. The average Bonchev–Trinajstić information content (AvgIpc) is 3.41. The third-order valence-electron chi connectivity index (χ3n) is 5.49. The number of fused-ring (bicyclic) bond motifs is 2. The number of hydrogen-bond donors (Lipinski definition) is 1. The maximum Gasteiger partial charge on any atom is 0.269 e. The lowest BCUT2D eigenvalue weighted by Crippen LogP contribution is -2.42. The molecule has 1 aromatic heterocycles. The van der Waals surface area contributed by atoms with E-state index in [9.17, 15) is 18.0 Å². The number of likely N-dealkylation sites (tertiary alicyclic amines) is 1. The van der Waals surface area contributed by atoms with Gasteiger partial charge in [-0.05, 0) is 37.1 Å². The summed E-state index contributed by atoms with van der Waals surface area (Å²) >= 11 is 0. The van der Waals surface area contributed by atoms with Gasteiger partial charge in [-0.3, -0.25) is 9.59 Å². The Balaban J connectivity index is 1.41. The van der Waals surface area contributed by atoms with Crippen LogP contribution in [0.5, 0.6) is 0 Å². The van der Waals surface area contributed by atoms with Crippen molar-refractivity contribution in [1.29, 1.82) is 0 Å². The van der Waals surface area contributed by atoms with Crippen LogP contribution >= 0.6 is 0 Å². The monoisotopic (exact) mass is 410 g/mol. The summed E-state index contributed by atoms with van der Waals surface area (Å²) in [4.78, 5) is 35.0. The van der Waals surface area contributed by atoms with Crippen LogP contribution in [0.3, 0.4) is 0 Å². The van der Waals surface area contributed by atoms with Crippen molar-refractivity contribution in [2.45, 2.75) is 23.8 Å². The zero-order valence-corrected chi connectivity index (χ0v) is 16.2. The second-order valence-corrected chi connectivity index (χ2v) is 9.03. The van der Waals surface area contributed by atoms with Crippen LogP contribution < -0.4 is 0 Å². The van der Waals surface area contributed by atoms with E-state index < -0.39 is 28.4 Å². The summed E-state index contributed by atoms with van der Waals surface area (Å²) in [5.41, 5.74) is 1.81. The summed E-state index contributed by atoms with van der Waals surface area (Å²) in [6, 6.07) is 13.4. The van der Waals surface area contributed by atoms with Gasteiger partial charge in [0.1, 0.15) is 17.3 Å². The predicted molar refractivity (Wildman–Crippen MR) is 104 cm³/mol. The third kappa shape index (κ3) is 2.72. The van der Waals surface area contributed by atoms with Crippen LogP contribution in [-0.2, 0) is 14.8 Å². The lowest BCUT2D eigenvalue weighted by atomic mass is 10.2. The van der Waals surface area contributed by atoms with Crippen molar-refractivity contribution in [2.24, 2.45) is 0 Å². The number of carbonyl (C=O) groups excluding carboxylic acids is 2.